The number of hydrogen-bond acceptors (Lipinski definition) is 5. The van der Waals surface area contributed by atoms with Crippen molar-refractivity contribution in [3.05, 3.63) is 41.3 Å². The fourth-order valence-corrected chi connectivity index (χ4v) is 1.97. The summed E-state index contributed by atoms with van der Waals surface area (Å²) in [5, 5.41) is 4.33. The van der Waals surface area contributed by atoms with Crippen molar-refractivity contribution in [2.24, 2.45) is 0 Å². The van der Waals surface area contributed by atoms with Gasteiger partial charge in [-0.25, -0.2) is 0 Å². The summed E-state index contributed by atoms with van der Waals surface area (Å²) in [6.45, 7) is 1.98. The Morgan fingerprint density at radius 1 is 1.20 bits per heavy atom. The molecule has 2 heterocycles. The quantitative estimate of drug-likeness (QED) is 0.694. The molecule has 3 aromatic rings. The number of halogens is 1. The molecule has 102 valence electrons. The molecule has 7 heteroatoms. The van der Waals surface area contributed by atoms with E-state index in [1.54, 1.807) is 13.2 Å². The number of rotatable bonds is 3. The molecule has 0 aliphatic rings. The van der Waals surface area contributed by atoms with Gasteiger partial charge in [0.15, 0.2) is 11.5 Å². The maximum absolute atomic E-state index is 5.94. The van der Waals surface area contributed by atoms with Crippen LogP contribution in [0, 0.1) is 6.92 Å². The van der Waals surface area contributed by atoms with E-state index in [1.807, 2.05) is 25.1 Å². The molecule has 0 radical (unpaired) electrons. The molecule has 3 rings (SSSR count). The van der Waals surface area contributed by atoms with Gasteiger partial charge in [0.2, 0.25) is 5.88 Å². The Bertz CT molecular complexity index is 772. The predicted octanol–water partition coefficient (Wildman–Crippen LogP) is 2.89. The number of nitrogens with zero attached hydrogens (tertiary/aromatic N) is 4. The second-order valence-electron chi connectivity index (χ2n) is 4.15. The van der Waals surface area contributed by atoms with Crippen molar-refractivity contribution in [2.75, 3.05) is 7.11 Å². The lowest BCUT2D eigenvalue weighted by molar-refractivity contribution is 0.369. The van der Waals surface area contributed by atoms with E-state index in [2.05, 4.69) is 15.1 Å². The van der Waals surface area contributed by atoms with Crippen LogP contribution in [-0.4, -0.2) is 26.7 Å². The first-order valence-electron chi connectivity index (χ1n) is 5.86. The van der Waals surface area contributed by atoms with Gasteiger partial charge in [0.1, 0.15) is 11.5 Å². The Morgan fingerprint density at radius 2 is 2.05 bits per heavy atom. The molecule has 0 saturated heterocycles. The Labute approximate surface area is 119 Å². The Balaban J connectivity index is 2.07. The maximum atomic E-state index is 5.94. The van der Waals surface area contributed by atoms with Gasteiger partial charge >= 0.3 is 0 Å². The molecule has 0 aliphatic heterocycles. The van der Waals surface area contributed by atoms with Gasteiger partial charge in [0, 0.05) is 6.07 Å². The molecule has 0 bridgehead atoms. The number of fused-ring (bicyclic) bond motifs is 1. The van der Waals surface area contributed by atoms with Crippen molar-refractivity contribution in [3.8, 4) is 17.4 Å². The first-order chi connectivity index (χ1) is 9.67. The minimum Gasteiger partial charge on any atom is -0.493 e. The van der Waals surface area contributed by atoms with Crippen molar-refractivity contribution >= 4 is 17.4 Å². The van der Waals surface area contributed by atoms with E-state index in [1.165, 1.54) is 10.8 Å². The summed E-state index contributed by atoms with van der Waals surface area (Å²) in [5.74, 6) is 1.99. The molecule has 2 aromatic heterocycles. The summed E-state index contributed by atoms with van der Waals surface area (Å²) < 4.78 is 12.6. The molecule has 0 amide bonds. The summed E-state index contributed by atoms with van der Waals surface area (Å²) >= 11 is 5.94. The van der Waals surface area contributed by atoms with Crippen LogP contribution >= 0.6 is 11.6 Å². The number of methoxy groups -OCH3 is 1. The van der Waals surface area contributed by atoms with Crippen LogP contribution in [0.4, 0.5) is 0 Å². The van der Waals surface area contributed by atoms with E-state index in [9.17, 15) is 0 Å². The molecule has 0 aliphatic carbocycles. The van der Waals surface area contributed by atoms with Gasteiger partial charge in [-0.15, -0.1) is 0 Å². The van der Waals surface area contributed by atoms with E-state index < -0.39 is 0 Å². The maximum Gasteiger partial charge on any atom is 0.256 e. The number of benzene rings is 1. The third kappa shape index (κ3) is 2.25. The zero-order chi connectivity index (χ0) is 14.1. The molecular formula is C13H11ClN4O2. The summed E-state index contributed by atoms with van der Waals surface area (Å²) in [6, 6.07) is 7.21. The zero-order valence-corrected chi connectivity index (χ0v) is 11.6. The second-order valence-corrected chi connectivity index (χ2v) is 4.53. The normalized spacial score (nSPS) is 10.8. The first kappa shape index (κ1) is 12.7. The fourth-order valence-electron chi connectivity index (χ4n) is 1.80. The van der Waals surface area contributed by atoms with Crippen molar-refractivity contribution in [2.45, 2.75) is 6.92 Å². The Morgan fingerprint density at radius 3 is 2.85 bits per heavy atom. The smallest absolute Gasteiger partial charge is 0.256 e. The number of aromatic nitrogens is 4. The van der Waals surface area contributed by atoms with Crippen LogP contribution in [-0.2, 0) is 0 Å². The van der Waals surface area contributed by atoms with Gasteiger partial charge in [-0.1, -0.05) is 17.7 Å². The van der Waals surface area contributed by atoms with Crippen LogP contribution in [0.1, 0.15) is 5.56 Å². The molecule has 0 unspecified atom stereocenters. The van der Waals surface area contributed by atoms with Crippen molar-refractivity contribution in [1.29, 1.82) is 0 Å². The van der Waals surface area contributed by atoms with Crippen LogP contribution < -0.4 is 9.47 Å². The van der Waals surface area contributed by atoms with Crippen LogP contribution in [0.5, 0.6) is 17.4 Å². The van der Waals surface area contributed by atoms with Crippen molar-refractivity contribution < 1.29 is 9.47 Å². The average Bonchev–Trinajstić information content (AvgIpc) is 2.88. The molecule has 0 spiro atoms. The third-order valence-corrected chi connectivity index (χ3v) is 2.92. The van der Waals surface area contributed by atoms with Gasteiger partial charge in [0.05, 0.1) is 7.11 Å². The summed E-state index contributed by atoms with van der Waals surface area (Å²) in [5.41, 5.74) is 1.08. The second kappa shape index (κ2) is 4.97. The zero-order valence-electron chi connectivity index (χ0n) is 10.9. The Hall–Kier alpha value is -2.34. The highest BCUT2D eigenvalue weighted by Gasteiger charge is 2.11. The molecule has 1 aromatic carbocycles. The molecule has 20 heavy (non-hydrogen) atoms. The number of ether oxygens (including phenoxy) is 2. The first-order valence-corrected chi connectivity index (χ1v) is 6.24. The van der Waals surface area contributed by atoms with Gasteiger partial charge in [-0.05, 0) is 24.6 Å². The van der Waals surface area contributed by atoms with Crippen LogP contribution in [0.15, 0.2) is 30.6 Å². The summed E-state index contributed by atoms with van der Waals surface area (Å²) in [7, 11) is 1.59. The van der Waals surface area contributed by atoms with E-state index in [-0.39, 0.29) is 5.15 Å². The van der Waals surface area contributed by atoms with E-state index in [0.29, 0.717) is 23.2 Å². The van der Waals surface area contributed by atoms with E-state index in [0.717, 1.165) is 5.56 Å². The number of hydrogen-bond donors (Lipinski definition) is 0. The highest BCUT2D eigenvalue weighted by Crippen LogP contribution is 2.32. The lowest BCUT2D eigenvalue weighted by Gasteiger charge is -2.11. The average molecular weight is 291 g/mol. The van der Waals surface area contributed by atoms with Gasteiger partial charge in [0.25, 0.3) is 5.78 Å². The number of aryl methyl sites for hydroxylation is 1. The third-order valence-electron chi connectivity index (χ3n) is 2.72. The molecule has 0 atom stereocenters. The van der Waals surface area contributed by atoms with Crippen LogP contribution in [0.2, 0.25) is 5.15 Å². The van der Waals surface area contributed by atoms with E-state index >= 15 is 0 Å². The van der Waals surface area contributed by atoms with Gasteiger partial charge < -0.3 is 9.47 Å². The lowest BCUT2D eigenvalue weighted by atomic mass is 10.2. The molecule has 0 N–H and O–H groups in total. The van der Waals surface area contributed by atoms with E-state index in [4.69, 9.17) is 21.1 Å². The summed E-state index contributed by atoms with van der Waals surface area (Å²) in [4.78, 5) is 8.02. The van der Waals surface area contributed by atoms with Crippen LogP contribution in [0.25, 0.3) is 5.78 Å². The highest BCUT2D eigenvalue weighted by molar-refractivity contribution is 6.29. The minimum absolute atomic E-state index is 0.284. The SMILES string of the molecule is COc1cc(C)ccc1Oc1cc(Cl)nc2ncnn12. The van der Waals surface area contributed by atoms with Crippen LogP contribution in [0.3, 0.4) is 0 Å². The van der Waals surface area contributed by atoms with Gasteiger partial charge in [-0.3, -0.25) is 0 Å². The van der Waals surface area contributed by atoms with Crippen molar-refractivity contribution in [3.63, 3.8) is 0 Å². The summed E-state index contributed by atoms with van der Waals surface area (Å²) in [6.07, 6.45) is 1.39. The molecular weight excluding hydrogens is 280 g/mol. The molecule has 0 fully saturated rings. The largest absolute Gasteiger partial charge is 0.493 e. The topological polar surface area (TPSA) is 61.5 Å². The monoisotopic (exact) mass is 290 g/mol. The molecule has 0 saturated carbocycles. The highest BCUT2D eigenvalue weighted by atomic mass is 35.5. The van der Waals surface area contributed by atoms with Gasteiger partial charge in [-0.2, -0.15) is 19.6 Å². The fraction of sp³-hybridized carbons (Fsp3) is 0.154. The standard InChI is InChI=1S/C13H11ClN4O2/c1-8-3-4-9(10(5-8)19-2)20-12-6-11(14)17-13-15-7-16-18(12)13/h3-7H,1-2H3. The lowest BCUT2D eigenvalue weighted by Crippen LogP contribution is -1.99. The Kier molecular flexibility index (Phi) is 3.15. The molecule has 6 nitrogen and oxygen atoms in total. The minimum atomic E-state index is 0.284. The van der Waals surface area contributed by atoms with Crippen molar-refractivity contribution in [1.82, 2.24) is 19.6 Å². The predicted molar refractivity (Wildman–Crippen MR) is 73.6 cm³/mol.